The lowest BCUT2D eigenvalue weighted by Crippen LogP contribution is -2.18. The summed E-state index contributed by atoms with van der Waals surface area (Å²) >= 11 is 3.56. The maximum absolute atomic E-state index is 12.6. The van der Waals surface area contributed by atoms with E-state index in [1.807, 2.05) is 56.4 Å². The zero-order chi connectivity index (χ0) is 14.3. The molecule has 0 atom stereocenters. The van der Waals surface area contributed by atoms with Crippen molar-refractivity contribution in [1.82, 2.24) is 4.57 Å². The molecule has 0 spiro atoms. The Bertz CT molecular complexity index is 850. The van der Waals surface area contributed by atoms with Crippen LogP contribution >= 0.6 is 15.9 Å². The van der Waals surface area contributed by atoms with E-state index in [-0.39, 0.29) is 5.56 Å². The van der Waals surface area contributed by atoms with E-state index in [1.165, 1.54) is 0 Å². The van der Waals surface area contributed by atoms with E-state index in [0.29, 0.717) is 0 Å². The molecular formula is C17H14BrNO. The molecule has 3 aromatic rings. The van der Waals surface area contributed by atoms with Gasteiger partial charge in [-0.2, -0.15) is 0 Å². The predicted molar refractivity (Wildman–Crippen MR) is 87.1 cm³/mol. The summed E-state index contributed by atoms with van der Waals surface area (Å²) in [6.45, 7) is 1.99. The van der Waals surface area contributed by atoms with Gasteiger partial charge in [0.05, 0.1) is 5.69 Å². The number of aryl methyl sites for hydroxylation is 1. The van der Waals surface area contributed by atoms with Crippen LogP contribution in [0.1, 0.15) is 5.56 Å². The van der Waals surface area contributed by atoms with Crippen LogP contribution in [0.15, 0.2) is 57.8 Å². The van der Waals surface area contributed by atoms with Crippen molar-refractivity contribution in [3.63, 3.8) is 0 Å². The SMILES string of the molecule is Cc1cc(Br)c2cc(-c3ccccc3)n(C)c(=O)c2c1. The Morgan fingerprint density at radius 2 is 1.70 bits per heavy atom. The molecule has 0 bridgehead atoms. The number of halogens is 1. The summed E-state index contributed by atoms with van der Waals surface area (Å²) in [6, 6.07) is 16.0. The topological polar surface area (TPSA) is 22.0 Å². The second-order valence-corrected chi connectivity index (χ2v) is 5.82. The van der Waals surface area contributed by atoms with E-state index in [1.54, 1.807) is 4.57 Å². The Hall–Kier alpha value is -1.87. The van der Waals surface area contributed by atoms with Crippen molar-refractivity contribution in [1.29, 1.82) is 0 Å². The van der Waals surface area contributed by atoms with Gasteiger partial charge in [-0.25, -0.2) is 0 Å². The lowest BCUT2D eigenvalue weighted by atomic mass is 10.1. The zero-order valence-electron chi connectivity index (χ0n) is 11.4. The molecule has 0 aliphatic rings. The van der Waals surface area contributed by atoms with Crippen LogP contribution in [0.4, 0.5) is 0 Å². The minimum Gasteiger partial charge on any atom is -0.311 e. The largest absolute Gasteiger partial charge is 0.311 e. The number of benzene rings is 2. The average Bonchev–Trinajstić information content (AvgIpc) is 2.44. The summed E-state index contributed by atoms with van der Waals surface area (Å²) in [6.07, 6.45) is 0. The molecule has 0 aliphatic carbocycles. The van der Waals surface area contributed by atoms with E-state index in [9.17, 15) is 4.79 Å². The molecule has 0 amide bonds. The van der Waals surface area contributed by atoms with Crippen LogP contribution in [-0.4, -0.2) is 4.57 Å². The standard InChI is InChI=1S/C17H14BrNO/c1-11-8-14-13(15(18)9-11)10-16(19(2)17(14)20)12-6-4-3-5-7-12/h3-10H,1-2H3. The molecule has 3 rings (SSSR count). The smallest absolute Gasteiger partial charge is 0.258 e. The molecule has 1 aromatic heterocycles. The van der Waals surface area contributed by atoms with Crippen molar-refractivity contribution in [3.8, 4) is 11.3 Å². The number of nitrogens with zero attached hydrogens (tertiary/aromatic N) is 1. The molecule has 0 saturated carbocycles. The molecule has 0 aliphatic heterocycles. The molecule has 0 saturated heterocycles. The third kappa shape index (κ3) is 2.08. The lowest BCUT2D eigenvalue weighted by Gasteiger charge is -2.12. The predicted octanol–water partition coefficient (Wildman–Crippen LogP) is 4.28. The highest BCUT2D eigenvalue weighted by Crippen LogP contribution is 2.27. The molecule has 0 fully saturated rings. The van der Waals surface area contributed by atoms with Crippen LogP contribution < -0.4 is 5.56 Å². The maximum Gasteiger partial charge on any atom is 0.258 e. The molecule has 1 heterocycles. The van der Waals surface area contributed by atoms with Gasteiger partial charge in [0.15, 0.2) is 0 Å². The first-order chi connectivity index (χ1) is 9.58. The van der Waals surface area contributed by atoms with E-state index >= 15 is 0 Å². The third-order valence-electron chi connectivity index (χ3n) is 3.52. The summed E-state index contributed by atoms with van der Waals surface area (Å²) in [5.41, 5.74) is 3.08. The summed E-state index contributed by atoms with van der Waals surface area (Å²) in [5.74, 6) is 0. The summed E-state index contributed by atoms with van der Waals surface area (Å²) < 4.78 is 2.67. The van der Waals surface area contributed by atoms with E-state index in [0.717, 1.165) is 32.1 Å². The van der Waals surface area contributed by atoms with Crippen LogP contribution in [0.5, 0.6) is 0 Å². The fraction of sp³-hybridized carbons (Fsp3) is 0.118. The Balaban J connectivity index is 2.42. The number of hydrogen-bond acceptors (Lipinski definition) is 1. The molecule has 0 unspecified atom stereocenters. The first-order valence-corrected chi connectivity index (χ1v) is 7.22. The fourth-order valence-corrected chi connectivity index (χ4v) is 3.18. The minimum absolute atomic E-state index is 0.0331. The number of hydrogen-bond donors (Lipinski definition) is 0. The lowest BCUT2D eigenvalue weighted by molar-refractivity contribution is 0.883. The highest BCUT2D eigenvalue weighted by atomic mass is 79.9. The van der Waals surface area contributed by atoms with E-state index in [2.05, 4.69) is 22.0 Å². The summed E-state index contributed by atoms with van der Waals surface area (Å²) in [5, 5.41) is 1.71. The Labute approximate surface area is 125 Å². The summed E-state index contributed by atoms with van der Waals surface area (Å²) in [7, 11) is 1.82. The Morgan fingerprint density at radius 3 is 2.40 bits per heavy atom. The second kappa shape index (κ2) is 4.91. The monoisotopic (exact) mass is 327 g/mol. The fourth-order valence-electron chi connectivity index (χ4n) is 2.49. The molecule has 0 N–H and O–H groups in total. The molecule has 2 aromatic carbocycles. The van der Waals surface area contributed by atoms with Crippen LogP contribution in [0.3, 0.4) is 0 Å². The van der Waals surface area contributed by atoms with Crippen LogP contribution in [0.25, 0.3) is 22.0 Å². The van der Waals surface area contributed by atoms with Crippen molar-refractivity contribution < 1.29 is 0 Å². The number of fused-ring (bicyclic) bond motifs is 1. The van der Waals surface area contributed by atoms with Crippen molar-refractivity contribution in [3.05, 3.63) is 68.9 Å². The van der Waals surface area contributed by atoms with Crippen molar-refractivity contribution in [2.75, 3.05) is 0 Å². The van der Waals surface area contributed by atoms with Crippen LogP contribution in [0.2, 0.25) is 0 Å². The summed E-state index contributed by atoms with van der Waals surface area (Å²) in [4.78, 5) is 12.6. The minimum atomic E-state index is 0.0331. The maximum atomic E-state index is 12.6. The molecule has 100 valence electrons. The van der Waals surface area contributed by atoms with E-state index in [4.69, 9.17) is 0 Å². The van der Waals surface area contributed by atoms with Crippen LogP contribution in [-0.2, 0) is 7.05 Å². The molecular weight excluding hydrogens is 314 g/mol. The average molecular weight is 328 g/mol. The molecule has 2 nitrogen and oxygen atoms in total. The molecule has 20 heavy (non-hydrogen) atoms. The highest BCUT2D eigenvalue weighted by Gasteiger charge is 2.10. The van der Waals surface area contributed by atoms with Gasteiger partial charge in [0, 0.05) is 22.3 Å². The molecule has 0 radical (unpaired) electrons. The Kier molecular flexibility index (Phi) is 3.22. The van der Waals surface area contributed by atoms with Gasteiger partial charge in [-0.1, -0.05) is 46.3 Å². The first-order valence-electron chi connectivity index (χ1n) is 6.43. The van der Waals surface area contributed by atoms with Gasteiger partial charge in [0.2, 0.25) is 0 Å². The van der Waals surface area contributed by atoms with Gasteiger partial charge >= 0.3 is 0 Å². The van der Waals surface area contributed by atoms with Gasteiger partial charge in [-0.15, -0.1) is 0 Å². The zero-order valence-corrected chi connectivity index (χ0v) is 12.9. The second-order valence-electron chi connectivity index (χ2n) is 4.97. The number of pyridine rings is 1. The van der Waals surface area contributed by atoms with Gasteiger partial charge in [-0.05, 0) is 36.2 Å². The number of aromatic nitrogens is 1. The van der Waals surface area contributed by atoms with Gasteiger partial charge < -0.3 is 4.57 Å². The Morgan fingerprint density at radius 1 is 1.00 bits per heavy atom. The first kappa shape index (κ1) is 13.1. The van der Waals surface area contributed by atoms with Gasteiger partial charge in [0.1, 0.15) is 0 Å². The quantitative estimate of drug-likeness (QED) is 0.654. The van der Waals surface area contributed by atoms with Gasteiger partial charge in [-0.3, -0.25) is 4.79 Å². The van der Waals surface area contributed by atoms with E-state index < -0.39 is 0 Å². The highest BCUT2D eigenvalue weighted by molar-refractivity contribution is 9.10. The normalized spacial score (nSPS) is 10.9. The van der Waals surface area contributed by atoms with Crippen LogP contribution in [0, 0.1) is 6.92 Å². The van der Waals surface area contributed by atoms with Crippen molar-refractivity contribution in [2.45, 2.75) is 6.92 Å². The number of rotatable bonds is 1. The van der Waals surface area contributed by atoms with Gasteiger partial charge in [0.25, 0.3) is 5.56 Å². The molecule has 3 heteroatoms. The van der Waals surface area contributed by atoms with Crippen molar-refractivity contribution in [2.24, 2.45) is 7.05 Å². The third-order valence-corrected chi connectivity index (χ3v) is 4.18. The van der Waals surface area contributed by atoms with Crippen molar-refractivity contribution >= 4 is 26.7 Å².